The van der Waals surface area contributed by atoms with Gasteiger partial charge < -0.3 is 21.7 Å². The topological polar surface area (TPSA) is 128 Å². The molecule has 0 aliphatic carbocycles. The van der Waals surface area contributed by atoms with E-state index in [-0.39, 0.29) is 17.6 Å². The first-order valence-corrected chi connectivity index (χ1v) is 10.4. The van der Waals surface area contributed by atoms with E-state index in [9.17, 15) is 4.79 Å². The molecule has 1 atom stereocenters. The molecule has 1 amide bonds. The average molecular weight is 413 g/mol. The highest BCUT2D eigenvalue weighted by Gasteiger charge is 2.24. The van der Waals surface area contributed by atoms with Gasteiger partial charge in [0.1, 0.15) is 15.7 Å². The number of nitrogen functional groups attached to an aromatic ring is 1. The van der Waals surface area contributed by atoms with Crippen LogP contribution in [0.15, 0.2) is 30.6 Å². The van der Waals surface area contributed by atoms with Gasteiger partial charge in [0, 0.05) is 32.4 Å². The van der Waals surface area contributed by atoms with Crippen LogP contribution in [-0.2, 0) is 7.05 Å². The predicted octanol–water partition coefficient (Wildman–Crippen LogP) is 2.09. The SMILES string of the molecule is Cn1ncc(NC(=O)c2nc(-c3ccccn3)sc2N)c1N1CCC[C@@H](N)CC1. The maximum absolute atomic E-state index is 12.9. The van der Waals surface area contributed by atoms with Gasteiger partial charge in [0.15, 0.2) is 11.5 Å². The van der Waals surface area contributed by atoms with E-state index in [0.29, 0.717) is 21.4 Å². The summed E-state index contributed by atoms with van der Waals surface area (Å²) in [7, 11) is 1.87. The quantitative estimate of drug-likeness (QED) is 0.598. The Hall–Kier alpha value is -2.98. The normalized spacial score (nSPS) is 17.2. The lowest BCUT2D eigenvalue weighted by atomic mass is 10.1. The van der Waals surface area contributed by atoms with Crippen molar-refractivity contribution in [3.63, 3.8) is 0 Å². The van der Waals surface area contributed by atoms with Crippen LogP contribution in [0.25, 0.3) is 10.7 Å². The number of carbonyl (C=O) groups is 1. The monoisotopic (exact) mass is 412 g/mol. The smallest absolute Gasteiger partial charge is 0.277 e. The fraction of sp³-hybridized carbons (Fsp3) is 0.368. The van der Waals surface area contributed by atoms with Gasteiger partial charge in [-0.05, 0) is 31.4 Å². The van der Waals surface area contributed by atoms with Crippen LogP contribution in [0.1, 0.15) is 29.8 Å². The number of nitrogens with one attached hydrogen (secondary N) is 1. The molecule has 3 aromatic rings. The van der Waals surface area contributed by atoms with Crippen LogP contribution >= 0.6 is 11.3 Å². The fourth-order valence-electron chi connectivity index (χ4n) is 3.50. The van der Waals surface area contributed by atoms with Gasteiger partial charge >= 0.3 is 0 Å². The summed E-state index contributed by atoms with van der Waals surface area (Å²) in [6.07, 6.45) is 6.25. The van der Waals surface area contributed by atoms with E-state index >= 15 is 0 Å². The van der Waals surface area contributed by atoms with Gasteiger partial charge in [0.05, 0.1) is 11.9 Å². The van der Waals surface area contributed by atoms with E-state index in [1.54, 1.807) is 17.1 Å². The molecule has 1 aliphatic heterocycles. The summed E-state index contributed by atoms with van der Waals surface area (Å²) in [6, 6.07) is 5.75. The molecule has 10 heteroatoms. The Balaban J connectivity index is 1.56. The number of amides is 1. The van der Waals surface area contributed by atoms with Crippen molar-refractivity contribution in [2.75, 3.05) is 29.0 Å². The first kappa shape index (κ1) is 19.3. The zero-order chi connectivity index (χ0) is 20.4. The number of nitrogens with zero attached hydrogens (tertiary/aromatic N) is 5. The Bertz CT molecular complexity index is 999. The van der Waals surface area contributed by atoms with Gasteiger partial charge in [-0.15, -0.1) is 0 Å². The molecule has 1 saturated heterocycles. The van der Waals surface area contributed by atoms with E-state index in [1.165, 1.54) is 11.3 Å². The maximum atomic E-state index is 12.9. The van der Waals surface area contributed by atoms with E-state index < -0.39 is 0 Å². The van der Waals surface area contributed by atoms with Crippen molar-refractivity contribution in [3.8, 4) is 10.7 Å². The highest BCUT2D eigenvalue weighted by Crippen LogP contribution is 2.31. The Morgan fingerprint density at radius 2 is 2.17 bits per heavy atom. The molecule has 9 nitrogen and oxygen atoms in total. The third-order valence-corrected chi connectivity index (χ3v) is 5.89. The number of hydrogen-bond donors (Lipinski definition) is 3. The Labute approximate surface area is 172 Å². The molecule has 152 valence electrons. The second-order valence-electron chi connectivity index (χ2n) is 7.08. The molecular weight excluding hydrogens is 388 g/mol. The van der Waals surface area contributed by atoms with Gasteiger partial charge in [0.25, 0.3) is 5.91 Å². The Morgan fingerprint density at radius 3 is 2.97 bits per heavy atom. The molecule has 1 fully saturated rings. The summed E-state index contributed by atoms with van der Waals surface area (Å²) < 4.78 is 1.77. The Kier molecular flexibility index (Phi) is 5.45. The maximum Gasteiger partial charge on any atom is 0.277 e. The zero-order valence-corrected chi connectivity index (χ0v) is 17.0. The van der Waals surface area contributed by atoms with Crippen LogP contribution in [0, 0.1) is 0 Å². The highest BCUT2D eigenvalue weighted by atomic mass is 32.1. The molecule has 0 radical (unpaired) electrons. The van der Waals surface area contributed by atoms with Crippen LogP contribution < -0.4 is 21.7 Å². The molecule has 0 saturated carbocycles. The van der Waals surface area contributed by atoms with Crippen molar-refractivity contribution >= 4 is 33.8 Å². The standard InChI is InChI=1S/C19H24N8OS/c1-26-19(27-9-4-5-12(20)7-10-27)14(11-23-26)24-17(28)15-16(21)29-18(25-15)13-6-2-3-8-22-13/h2-3,6,8,11-12H,4-5,7,9-10,20-21H2,1H3,(H,24,28)/t12-/m1/s1. The van der Waals surface area contributed by atoms with E-state index in [4.69, 9.17) is 11.5 Å². The van der Waals surface area contributed by atoms with Crippen molar-refractivity contribution in [1.82, 2.24) is 19.7 Å². The van der Waals surface area contributed by atoms with Crippen LogP contribution in [0.3, 0.4) is 0 Å². The molecular formula is C19H24N8OS. The predicted molar refractivity (Wildman–Crippen MR) is 115 cm³/mol. The van der Waals surface area contributed by atoms with Crippen molar-refractivity contribution in [3.05, 3.63) is 36.3 Å². The zero-order valence-electron chi connectivity index (χ0n) is 16.2. The minimum Gasteiger partial charge on any atom is -0.389 e. The molecule has 3 aromatic heterocycles. The molecule has 29 heavy (non-hydrogen) atoms. The number of nitrogens with two attached hydrogens (primary N) is 2. The summed E-state index contributed by atoms with van der Waals surface area (Å²) in [6.45, 7) is 1.70. The lowest BCUT2D eigenvalue weighted by Gasteiger charge is -2.24. The van der Waals surface area contributed by atoms with E-state index in [2.05, 4.69) is 25.3 Å². The lowest BCUT2D eigenvalue weighted by Crippen LogP contribution is -2.29. The van der Waals surface area contributed by atoms with Gasteiger partial charge in [-0.1, -0.05) is 17.4 Å². The van der Waals surface area contributed by atoms with Crippen LogP contribution in [0.4, 0.5) is 16.5 Å². The van der Waals surface area contributed by atoms with Crippen molar-refractivity contribution in [2.24, 2.45) is 12.8 Å². The van der Waals surface area contributed by atoms with E-state index in [1.807, 2.05) is 25.2 Å². The first-order valence-electron chi connectivity index (χ1n) is 9.54. The molecule has 0 bridgehead atoms. The minimum atomic E-state index is -0.360. The number of rotatable bonds is 4. The van der Waals surface area contributed by atoms with Crippen LogP contribution in [0.2, 0.25) is 0 Å². The number of hydrogen-bond acceptors (Lipinski definition) is 8. The fourth-order valence-corrected chi connectivity index (χ4v) is 4.31. The summed E-state index contributed by atoms with van der Waals surface area (Å²) in [5.41, 5.74) is 13.7. The number of carbonyl (C=O) groups excluding carboxylic acids is 1. The molecule has 0 unspecified atom stereocenters. The molecule has 0 spiro atoms. The van der Waals surface area contributed by atoms with Crippen molar-refractivity contribution in [2.45, 2.75) is 25.3 Å². The summed E-state index contributed by atoms with van der Waals surface area (Å²) in [5.74, 6) is 0.507. The van der Waals surface area contributed by atoms with Crippen molar-refractivity contribution in [1.29, 1.82) is 0 Å². The van der Waals surface area contributed by atoms with Gasteiger partial charge in [-0.25, -0.2) is 4.98 Å². The van der Waals surface area contributed by atoms with E-state index in [0.717, 1.165) is 38.2 Å². The number of aryl methyl sites for hydroxylation is 1. The molecule has 4 heterocycles. The third-order valence-electron chi connectivity index (χ3n) is 4.98. The number of anilines is 3. The molecule has 1 aliphatic rings. The molecule has 5 N–H and O–H groups in total. The molecule has 0 aromatic carbocycles. The number of pyridine rings is 1. The average Bonchev–Trinajstić information content (AvgIpc) is 3.20. The molecule has 4 rings (SSSR count). The lowest BCUT2D eigenvalue weighted by molar-refractivity contribution is 0.102. The third kappa shape index (κ3) is 4.08. The van der Waals surface area contributed by atoms with Gasteiger partial charge in [-0.2, -0.15) is 5.10 Å². The first-order chi connectivity index (χ1) is 14.0. The largest absolute Gasteiger partial charge is 0.389 e. The summed E-state index contributed by atoms with van der Waals surface area (Å²) in [5, 5.41) is 8.23. The summed E-state index contributed by atoms with van der Waals surface area (Å²) >= 11 is 1.24. The Morgan fingerprint density at radius 1 is 1.31 bits per heavy atom. The number of aromatic nitrogens is 4. The highest BCUT2D eigenvalue weighted by molar-refractivity contribution is 7.19. The van der Waals surface area contributed by atoms with Crippen LogP contribution in [-0.4, -0.2) is 44.8 Å². The second-order valence-corrected chi connectivity index (χ2v) is 8.12. The minimum absolute atomic E-state index is 0.198. The van der Waals surface area contributed by atoms with Gasteiger partial charge in [-0.3, -0.25) is 14.5 Å². The van der Waals surface area contributed by atoms with Crippen molar-refractivity contribution < 1.29 is 4.79 Å². The summed E-state index contributed by atoms with van der Waals surface area (Å²) in [4.78, 5) is 23.8. The number of thiazole rings is 1. The van der Waals surface area contributed by atoms with Gasteiger partial charge in [0.2, 0.25) is 0 Å². The second kappa shape index (κ2) is 8.18. The van der Waals surface area contributed by atoms with Crippen LogP contribution in [0.5, 0.6) is 0 Å².